The number of hydrogen-bond acceptors (Lipinski definition) is 30. The number of rotatable bonds is 30. The molecular formula is C52H88N6O29S. The zero-order valence-corrected chi connectivity index (χ0v) is 49.3. The molecule has 0 saturated carbocycles. The van der Waals surface area contributed by atoms with Gasteiger partial charge in [0.05, 0.1) is 45.1 Å². The van der Waals surface area contributed by atoms with Gasteiger partial charge in [-0.05, 0) is 25.7 Å². The molecule has 0 bridgehead atoms. The lowest BCUT2D eigenvalue weighted by Crippen LogP contribution is -2.70. The molecule has 36 heteroatoms. The number of unbranched alkanes of at least 4 members (excludes halogenated alkanes) is 3. The Morgan fingerprint density at radius 2 is 0.966 bits per heavy atom. The zero-order valence-electron chi connectivity index (χ0n) is 48.5. The van der Waals surface area contributed by atoms with Gasteiger partial charge in [0.25, 0.3) is 0 Å². The Bertz CT molecular complexity index is 2220. The number of carbonyl (C=O) groups is 5. The van der Waals surface area contributed by atoms with Crippen molar-refractivity contribution in [2.24, 2.45) is 0 Å². The van der Waals surface area contributed by atoms with E-state index in [0.29, 0.717) is 37.4 Å². The molecule has 7 fully saturated rings. The smallest absolute Gasteiger partial charge is 0.315 e. The molecule has 7 aliphatic heterocycles. The van der Waals surface area contributed by atoms with Crippen molar-refractivity contribution in [3.63, 3.8) is 0 Å². The molecule has 0 spiro atoms. The van der Waals surface area contributed by atoms with E-state index in [4.69, 9.17) is 47.4 Å². The van der Waals surface area contributed by atoms with E-state index in [1.54, 1.807) is 0 Å². The molecular weight excluding hydrogens is 1200 g/mol. The lowest BCUT2D eigenvalue weighted by molar-refractivity contribution is -0.387. The lowest BCUT2D eigenvalue weighted by Gasteiger charge is -2.51. The fraction of sp³-hybridized carbons (Fsp3) is 0.904. The average Bonchev–Trinajstić information content (AvgIpc) is 1.43. The van der Waals surface area contributed by atoms with Crippen LogP contribution in [0, 0.1) is 0 Å². The van der Waals surface area contributed by atoms with Crippen molar-refractivity contribution < 1.29 is 143 Å². The zero-order chi connectivity index (χ0) is 64.1. The van der Waals surface area contributed by atoms with Crippen LogP contribution in [0.15, 0.2) is 0 Å². The molecule has 35 nitrogen and oxygen atoms in total. The fourth-order valence-corrected chi connectivity index (χ4v) is 13.0. The molecule has 0 radical (unpaired) electrons. The van der Waals surface area contributed by atoms with Crippen LogP contribution in [0.3, 0.4) is 0 Å². The number of urea groups is 1. The maximum atomic E-state index is 13.1. The van der Waals surface area contributed by atoms with E-state index in [1.165, 1.54) is 0 Å². The van der Waals surface area contributed by atoms with E-state index in [0.717, 1.165) is 32.4 Å². The van der Waals surface area contributed by atoms with Gasteiger partial charge in [-0.1, -0.05) is 12.8 Å². The summed E-state index contributed by atoms with van der Waals surface area (Å²) in [4.78, 5) is 61.9. The van der Waals surface area contributed by atoms with Crippen LogP contribution in [0.2, 0.25) is 0 Å². The predicted octanol–water partition coefficient (Wildman–Crippen LogP) is -10.1. The van der Waals surface area contributed by atoms with Crippen molar-refractivity contribution in [3.05, 3.63) is 0 Å². The summed E-state index contributed by atoms with van der Waals surface area (Å²) in [6.07, 6.45) is -38.2. The van der Waals surface area contributed by atoms with E-state index in [1.807, 2.05) is 11.8 Å². The van der Waals surface area contributed by atoms with Gasteiger partial charge in [0, 0.05) is 57.4 Å². The summed E-state index contributed by atoms with van der Waals surface area (Å²) in [5, 5.41) is 167. The second kappa shape index (κ2) is 33.9. The molecule has 0 aromatic heterocycles. The van der Waals surface area contributed by atoms with Gasteiger partial charge in [-0.2, -0.15) is 11.8 Å². The summed E-state index contributed by atoms with van der Waals surface area (Å²) in [5.74, 6) is -0.956. The molecule has 7 heterocycles. The van der Waals surface area contributed by atoms with Gasteiger partial charge in [0.1, 0.15) is 122 Å². The summed E-state index contributed by atoms with van der Waals surface area (Å²) < 4.78 is 59.1. The first kappa shape index (κ1) is 72.0. The van der Waals surface area contributed by atoms with Crippen LogP contribution < -0.4 is 31.9 Å². The third-order valence-corrected chi connectivity index (χ3v) is 17.8. The van der Waals surface area contributed by atoms with Crippen molar-refractivity contribution >= 4 is 41.4 Å². The number of aliphatic hydroxyl groups excluding tert-OH is 14. The summed E-state index contributed by atoms with van der Waals surface area (Å²) in [7, 11) is 0. The number of thioether (sulfide) groups is 1. The predicted molar refractivity (Wildman–Crippen MR) is 292 cm³/mol. The van der Waals surface area contributed by atoms with Crippen LogP contribution in [0.1, 0.15) is 65.2 Å². The van der Waals surface area contributed by atoms with Gasteiger partial charge in [-0.15, -0.1) is 0 Å². The molecule has 7 rings (SSSR count). The average molecular weight is 1290 g/mol. The summed E-state index contributed by atoms with van der Waals surface area (Å²) in [5.41, 5.74) is 0. The molecule has 0 unspecified atom stereocenters. The number of fused-ring (bicyclic) bond motifs is 1. The number of nitrogens with one attached hydrogen (secondary N) is 6. The van der Waals surface area contributed by atoms with E-state index in [9.17, 15) is 95.5 Å². The second-order valence-electron chi connectivity index (χ2n) is 22.7. The number of aliphatic hydroxyl groups is 14. The second-order valence-corrected chi connectivity index (χ2v) is 24.0. The van der Waals surface area contributed by atoms with Crippen molar-refractivity contribution in [3.8, 4) is 0 Å². The van der Waals surface area contributed by atoms with Crippen molar-refractivity contribution in [2.75, 3.05) is 58.5 Å². The molecule has 0 aromatic carbocycles. The monoisotopic (exact) mass is 1290 g/mol. The molecule has 20 N–H and O–H groups in total. The van der Waals surface area contributed by atoms with E-state index in [2.05, 4.69) is 31.9 Å². The molecule has 506 valence electrons. The fourth-order valence-electron chi connectivity index (χ4n) is 11.5. The Kier molecular flexibility index (Phi) is 27.7. The standard InChI is InChI=1S/C52H88N6O29S/c1-20(63)55-32-37(70)36(69)27(84-47(32)78-13-7-3-4-9-29(65)53-11-12-54-30(66)10-6-5-8-28-31-22(19-88-28)57-52(77)58-31)18-79-48-33(56-21(2)64)46(87-50-42(75)39(72)35(68)24(15-60)81-50)45(26(17-62)82-48)86-51-43(76)40(73)44(25(16-61)83-51)85-49-41(74)38(71)34(67)23(14-59)80-49/h22-28,31-51,59-62,67-76H,3-19H2,1-2H3,(H,53,65)(H,54,66)(H,55,63)(H,56,64)(H2,57,58,77)/t22-,23+,24+,25+,26+,27+,28-,31-,32+,33+,34-,35-,36-,37+,38-,39-,40+,41+,42+,43+,44-,45+,46+,47-,48+,49+,50-,51-/m0/s1. The van der Waals surface area contributed by atoms with Crippen LogP contribution >= 0.6 is 11.8 Å². The number of amides is 6. The van der Waals surface area contributed by atoms with E-state index < -0.39 is 198 Å². The largest absolute Gasteiger partial charge is 0.394 e. The first-order valence-corrected chi connectivity index (χ1v) is 30.5. The van der Waals surface area contributed by atoms with Crippen LogP contribution in [0.25, 0.3) is 0 Å². The summed E-state index contributed by atoms with van der Waals surface area (Å²) in [6.45, 7) is -1.92. The molecule has 7 saturated heterocycles. The maximum Gasteiger partial charge on any atom is 0.315 e. The van der Waals surface area contributed by atoms with Crippen LogP contribution in [0.4, 0.5) is 4.79 Å². The van der Waals surface area contributed by atoms with Crippen molar-refractivity contribution in [1.29, 1.82) is 0 Å². The molecule has 0 aromatic rings. The molecule has 7 aliphatic rings. The van der Waals surface area contributed by atoms with Gasteiger partial charge < -0.3 is 151 Å². The summed E-state index contributed by atoms with van der Waals surface area (Å²) >= 11 is 1.82. The third kappa shape index (κ3) is 18.2. The normalized spacial score (nSPS) is 41.8. The summed E-state index contributed by atoms with van der Waals surface area (Å²) in [6, 6.07) is -2.93. The molecule has 0 aliphatic carbocycles. The topological polar surface area (TPSA) is 533 Å². The van der Waals surface area contributed by atoms with E-state index in [-0.39, 0.29) is 56.0 Å². The number of hydrogen-bond donors (Lipinski definition) is 20. The van der Waals surface area contributed by atoms with E-state index >= 15 is 0 Å². The SMILES string of the molecule is CC(=O)N[C@H]1[C@@H](OCCCCCC(=O)NCCNC(=O)CCCC[C@@H]2SC[C@@H]3NC(=O)N[C@@H]32)O[C@H](CO[C@@H]2O[C@H](CO)[C@@H](O[C@@H]3O[C@H](CO)[C@H](O[C@H]4O[C@H](CO)[C@H](O)[C@H](O)[C@H]4O)[C@H](O)[C@H]3O)[C@H](O[C@@H]3O[C@H](CO)[C@H](O)[C@H](O)[C@H]3O)[C@H]2NC(C)=O)[C@H](O)[C@@H]1O. The maximum absolute atomic E-state index is 13.1. The van der Waals surface area contributed by atoms with Crippen molar-refractivity contribution in [1.82, 2.24) is 31.9 Å². The van der Waals surface area contributed by atoms with Gasteiger partial charge in [-0.3, -0.25) is 19.2 Å². The van der Waals surface area contributed by atoms with Crippen LogP contribution in [-0.4, -0.2) is 330 Å². The quantitative estimate of drug-likeness (QED) is 0.0235. The van der Waals surface area contributed by atoms with Gasteiger partial charge in [-0.25, -0.2) is 4.79 Å². The minimum absolute atomic E-state index is 0.0343. The van der Waals surface area contributed by atoms with Crippen molar-refractivity contribution in [2.45, 2.75) is 236 Å². The number of carbonyl (C=O) groups excluding carboxylic acids is 5. The highest BCUT2D eigenvalue weighted by Gasteiger charge is 2.57. The Hall–Kier alpha value is -3.46. The molecule has 6 amide bonds. The third-order valence-electron chi connectivity index (χ3n) is 16.3. The Balaban J connectivity index is 0.952. The van der Waals surface area contributed by atoms with Gasteiger partial charge in [0.15, 0.2) is 31.5 Å². The first-order valence-electron chi connectivity index (χ1n) is 29.5. The highest BCUT2D eigenvalue weighted by Crippen LogP contribution is 2.37. The van der Waals surface area contributed by atoms with Gasteiger partial charge in [0.2, 0.25) is 23.6 Å². The highest BCUT2D eigenvalue weighted by atomic mass is 32.2. The lowest BCUT2D eigenvalue weighted by atomic mass is 9.94. The first-order chi connectivity index (χ1) is 42.0. The van der Waals surface area contributed by atoms with Crippen LogP contribution in [-0.2, 0) is 66.5 Å². The van der Waals surface area contributed by atoms with Gasteiger partial charge >= 0.3 is 6.03 Å². The molecule has 88 heavy (non-hydrogen) atoms. The Labute approximate surface area is 509 Å². The molecule has 28 atom stereocenters. The number of ether oxygens (including phenoxy) is 10. The Morgan fingerprint density at radius 3 is 1.53 bits per heavy atom. The minimum atomic E-state index is -2.20. The minimum Gasteiger partial charge on any atom is -0.394 e. The highest BCUT2D eigenvalue weighted by molar-refractivity contribution is 8.00. The van der Waals surface area contributed by atoms with Crippen LogP contribution in [0.5, 0.6) is 0 Å². The Morgan fingerprint density at radius 1 is 0.500 bits per heavy atom.